The quantitative estimate of drug-likeness (QED) is 0.616. The molecule has 0 unspecified atom stereocenters. The molecular weight excluding hydrogens is 362 g/mol. The van der Waals surface area contributed by atoms with Crippen molar-refractivity contribution in [1.82, 2.24) is 4.57 Å². The third-order valence-electron chi connectivity index (χ3n) is 6.03. The average molecular weight is 387 g/mol. The molecule has 1 aliphatic rings. The van der Waals surface area contributed by atoms with E-state index in [4.69, 9.17) is 4.74 Å². The summed E-state index contributed by atoms with van der Waals surface area (Å²) >= 11 is 0. The molecule has 0 bridgehead atoms. The lowest BCUT2D eigenvalue weighted by Gasteiger charge is -2.19. The Morgan fingerprint density at radius 2 is 1.97 bits per heavy atom. The van der Waals surface area contributed by atoms with E-state index in [0.717, 1.165) is 35.2 Å². The summed E-state index contributed by atoms with van der Waals surface area (Å²) in [6.45, 7) is 2.04. The second-order valence-corrected chi connectivity index (χ2v) is 7.68. The minimum absolute atomic E-state index is 0.0763. The van der Waals surface area contributed by atoms with Gasteiger partial charge in [-0.2, -0.15) is 5.26 Å². The van der Waals surface area contributed by atoms with Crippen molar-refractivity contribution < 1.29 is 9.53 Å². The van der Waals surface area contributed by atoms with Crippen LogP contribution in [0.25, 0.3) is 10.9 Å². The van der Waals surface area contributed by atoms with E-state index >= 15 is 0 Å². The number of amides is 1. The minimum atomic E-state index is -0.0763. The van der Waals surface area contributed by atoms with Crippen LogP contribution in [0.2, 0.25) is 0 Å². The summed E-state index contributed by atoms with van der Waals surface area (Å²) in [5.74, 6) is 0.664. The number of carbonyl (C=O) groups excluding carboxylic acids is 1. The number of hydrogen-bond donors (Lipinski definition) is 0. The van der Waals surface area contributed by atoms with E-state index < -0.39 is 0 Å². The SMILES string of the molecule is COc1ccc2c(c1)c(C(=O)N(C)c1cccc(C#N)c1)c(C)n2C1CCCC1. The first-order valence-corrected chi connectivity index (χ1v) is 10.0. The molecule has 0 spiro atoms. The number of anilines is 1. The molecule has 148 valence electrons. The average Bonchev–Trinajstić information content (AvgIpc) is 3.37. The zero-order valence-electron chi connectivity index (χ0n) is 17.1. The van der Waals surface area contributed by atoms with Gasteiger partial charge in [-0.1, -0.05) is 18.9 Å². The summed E-state index contributed by atoms with van der Waals surface area (Å²) in [6.07, 6.45) is 4.74. The standard InChI is InChI=1S/C24H25N3O2/c1-16-23(24(28)26(2)19-10-6-7-17(13-19)15-25)21-14-20(29-3)11-12-22(21)27(16)18-8-4-5-9-18/h6-7,10-14,18H,4-5,8-9H2,1-3H3. The highest BCUT2D eigenvalue weighted by atomic mass is 16.5. The zero-order chi connectivity index (χ0) is 20.5. The van der Waals surface area contributed by atoms with E-state index in [1.54, 1.807) is 37.3 Å². The molecule has 0 atom stereocenters. The van der Waals surface area contributed by atoms with Crippen molar-refractivity contribution in [3.63, 3.8) is 0 Å². The lowest BCUT2D eigenvalue weighted by Crippen LogP contribution is -2.27. The van der Waals surface area contributed by atoms with Gasteiger partial charge in [0, 0.05) is 35.4 Å². The van der Waals surface area contributed by atoms with Crippen molar-refractivity contribution in [2.45, 2.75) is 38.6 Å². The lowest BCUT2D eigenvalue weighted by atomic mass is 10.1. The number of nitriles is 1. The van der Waals surface area contributed by atoms with Crippen LogP contribution in [0.4, 0.5) is 5.69 Å². The molecule has 0 saturated heterocycles. The van der Waals surface area contributed by atoms with E-state index in [-0.39, 0.29) is 5.91 Å². The number of hydrogen-bond acceptors (Lipinski definition) is 3. The van der Waals surface area contributed by atoms with Gasteiger partial charge >= 0.3 is 0 Å². The van der Waals surface area contributed by atoms with Crippen LogP contribution in [0.5, 0.6) is 5.75 Å². The number of aromatic nitrogens is 1. The van der Waals surface area contributed by atoms with Gasteiger partial charge in [0.25, 0.3) is 5.91 Å². The molecule has 0 radical (unpaired) electrons. The Labute approximate surface area is 171 Å². The summed E-state index contributed by atoms with van der Waals surface area (Å²) in [6, 6.07) is 15.7. The Balaban J connectivity index is 1.86. The number of benzene rings is 2. The maximum atomic E-state index is 13.6. The largest absolute Gasteiger partial charge is 0.497 e. The highest BCUT2D eigenvalue weighted by molar-refractivity contribution is 6.15. The number of rotatable bonds is 4. The zero-order valence-corrected chi connectivity index (χ0v) is 17.1. The molecule has 1 amide bonds. The van der Waals surface area contributed by atoms with Crippen LogP contribution < -0.4 is 9.64 Å². The fourth-order valence-corrected chi connectivity index (χ4v) is 4.52. The fourth-order valence-electron chi connectivity index (χ4n) is 4.52. The highest BCUT2D eigenvalue weighted by Crippen LogP contribution is 2.38. The molecule has 0 aliphatic heterocycles. The second-order valence-electron chi connectivity index (χ2n) is 7.68. The van der Waals surface area contributed by atoms with E-state index in [1.807, 2.05) is 25.1 Å². The maximum Gasteiger partial charge on any atom is 0.260 e. The molecule has 1 heterocycles. The Bertz CT molecular complexity index is 1120. The van der Waals surface area contributed by atoms with Crippen molar-refractivity contribution in [2.75, 3.05) is 19.1 Å². The Kier molecular flexibility index (Phi) is 5.02. The Hall–Kier alpha value is -3.26. The van der Waals surface area contributed by atoms with Gasteiger partial charge in [0.15, 0.2) is 0 Å². The molecule has 5 nitrogen and oxygen atoms in total. The number of ether oxygens (including phenoxy) is 1. The normalized spacial score (nSPS) is 14.1. The van der Waals surface area contributed by atoms with Crippen molar-refractivity contribution >= 4 is 22.5 Å². The van der Waals surface area contributed by atoms with E-state index in [2.05, 4.69) is 16.7 Å². The third-order valence-corrected chi connectivity index (χ3v) is 6.03. The molecule has 1 aliphatic carbocycles. The molecular formula is C24H25N3O2. The van der Waals surface area contributed by atoms with Crippen LogP contribution in [0.3, 0.4) is 0 Å². The Morgan fingerprint density at radius 1 is 1.21 bits per heavy atom. The number of fused-ring (bicyclic) bond motifs is 1. The molecule has 2 aromatic carbocycles. The van der Waals surface area contributed by atoms with Crippen molar-refractivity contribution in [3.05, 3.63) is 59.3 Å². The number of nitrogens with zero attached hydrogens (tertiary/aromatic N) is 3. The number of methoxy groups -OCH3 is 1. The van der Waals surface area contributed by atoms with Gasteiger partial charge < -0.3 is 14.2 Å². The highest BCUT2D eigenvalue weighted by Gasteiger charge is 2.28. The van der Waals surface area contributed by atoms with Gasteiger partial charge in [0.1, 0.15) is 5.75 Å². The van der Waals surface area contributed by atoms with Crippen LogP contribution in [0.15, 0.2) is 42.5 Å². The molecule has 1 saturated carbocycles. The minimum Gasteiger partial charge on any atom is -0.497 e. The predicted octanol–water partition coefficient (Wildman–Crippen LogP) is 5.22. The van der Waals surface area contributed by atoms with Crippen LogP contribution in [0.1, 0.15) is 53.3 Å². The second kappa shape index (κ2) is 7.63. The molecule has 4 rings (SSSR count). The molecule has 0 N–H and O–H groups in total. The third kappa shape index (κ3) is 3.25. The van der Waals surface area contributed by atoms with Gasteiger partial charge in [0.05, 0.1) is 24.3 Å². The Morgan fingerprint density at radius 3 is 2.66 bits per heavy atom. The van der Waals surface area contributed by atoms with Crippen LogP contribution in [-0.4, -0.2) is 24.6 Å². The summed E-state index contributed by atoms with van der Waals surface area (Å²) in [5.41, 5.74) is 4.02. The van der Waals surface area contributed by atoms with Gasteiger partial charge in [-0.3, -0.25) is 4.79 Å². The number of carbonyl (C=O) groups is 1. The van der Waals surface area contributed by atoms with Gasteiger partial charge in [-0.15, -0.1) is 0 Å². The summed E-state index contributed by atoms with van der Waals surface area (Å²) in [5, 5.41) is 10.1. The molecule has 1 aromatic heterocycles. The van der Waals surface area contributed by atoms with Gasteiger partial charge in [-0.25, -0.2) is 0 Å². The summed E-state index contributed by atoms with van der Waals surface area (Å²) in [7, 11) is 3.40. The molecule has 3 aromatic rings. The topological polar surface area (TPSA) is 58.3 Å². The predicted molar refractivity (Wildman–Crippen MR) is 115 cm³/mol. The molecule has 5 heteroatoms. The first-order chi connectivity index (χ1) is 14.0. The monoisotopic (exact) mass is 387 g/mol. The lowest BCUT2D eigenvalue weighted by molar-refractivity contribution is 0.0993. The summed E-state index contributed by atoms with van der Waals surface area (Å²) in [4.78, 5) is 15.2. The van der Waals surface area contributed by atoms with Crippen LogP contribution >= 0.6 is 0 Å². The smallest absolute Gasteiger partial charge is 0.260 e. The first-order valence-electron chi connectivity index (χ1n) is 10.0. The van der Waals surface area contributed by atoms with E-state index in [0.29, 0.717) is 22.9 Å². The molecule has 29 heavy (non-hydrogen) atoms. The summed E-state index contributed by atoms with van der Waals surface area (Å²) < 4.78 is 7.78. The van der Waals surface area contributed by atoms with Crippen molar-refractivity contribution in [1.29, 1.82) is 5.26 Å². The van der Waals surface area contributed by atoms with Crippen molar-refractivity contribution in [3.8, 4) is 11.8 Å². The maximum absolute atomic E-state index is 13.6. The van der Waals surface area contributed by atoms with Gasteiger partial charge in [-0.05, 0) is 56.2 Å². The van der Waals surface area contributed by atoms with Crippen molar-refractivity contribution in [2.24, 2.45) is 0 Å². The van der Waals surface area contributed by atoms with E-state index in [9.17, 15) is 10.1 Å². The van der Waals surface area contributed by atoms with E-state index in [1.165, 1.54) is 12.8 Å². The van der Waals surface area contributed by atoms with Crippen LogP contribution in [-0.2, 0) is 0 Å². The first kappa shape index (κ1) is 19.1. The molecule has 1 fully saturated rings. The van der Waals surface area contributed by atoms with Crippen LogP contribution in [0, 0.1) is 18.3 Å². The van der Waals surface area contributed by atoms with Gasteiger partial charge in [0.2, 0.25) is 0 Å². The fraction of sp³-hybridized carbons (Fsp3) is 0.333.